The molecular weight excluding hydrogens is 388 g/mol. The lowest BCUT2D eigenvalue weighted by Crippen LogP contribution is -2.43. The number of aliphatic carboxylic acids is 1. The van der Waals surface area contributed by atoms with E-state index >= 15 is 0 Å². The van der Waals surface area contributed by atoms with Crippen LogP contribution in [0.5, 0.6) is 0 Å². The molecule has 170 valence electrons. The maximum atomic E-state index is 12.4. The SMILES string of the molecule is CC[C@H](C)C(=O)O[C@H]1C[C@H](O)C=C2C=C[C@@H](C)[C@H](CC[C@@H](O)C[C@H](O)CC(=O)O)[C@H]21. The highest BCUT2D eigenvalue weighted by molar-refractivity contribution is 5.72. The Morgan fingerprint density at radius 1 is 1.27 bits per heavy atom. The molecule has 0 radical (unpaired) electrons. The third-order valence-electron chi connectivity index (χ3n) is 6.44. The summed E-state index contributed by atoms with van der Waals surface area (Å²) in [7, 11) is 0. The topological polar surface area (TPSA) is 124 Å². The van der Waals surface area contributed by atoms with Crippen molar-refractivity contribution in [1.29, 1.82) is 0 Å². The molecule has 0 fully saturated rings. The number of esters is 1. The van der Waals surface area contributed by atoms with Crippen molar-refractivity contribution in [1.82, 2.24) is 0 Å². The van der Waals surface area contributed by atoms with E-state index < -0.39 is 30.4 Å². The fraction of sp³-hybridized carbons (Fsp3) is 0.739. The fourth-order valence-corrected chi connectivity index (χ4v) is 4.52. The number of hydrogen-bond donors (Lipinski definition) is 4. The molecule has 30 heavy (non-hydrogen) atoms. The first-order valence-electron chi connectivity index (χ1n) is 11.0. The minimum Gasteiger partial charge on any atom is -0.481 e. The summed E-state index contributed by atoms with van der Waals surface area (Å²) in [5.41, 5.74) is 0.958. The molecule has 8 atom stereocenters. The molecule has 0 spiro atoms. The van der Waals surface area contributed by atoms with E-state index in [1.165, 1.54) is 0 Å². The molecule has 0 aromatic rings. The first kappa shape index (κ1) is 24.6. The largest absolute Gasteiger partial charge is 0.481 e. The van der Waals surface area contributed by atoms with Crippen molar-refractivity contribution in [3.8, 4) is 0 Å². The average molecular weight is 425 g/mol. The van der Waals surface area contributed by atoms with E-state index in [2.05, 4.69) is 13.0 Å². The summed E-state index contributed by atoms with van der Waals surface area (Å²) in [6, 6.07) is 0. The van der Waals surface area contributed by atoms with Crippen molar-refractivity contribution in [2.45, 2.75) is 83.7 Å². The average Bonchev–Trinajstić information content (AvgIpc) is 2.65. The number of carboxylic acid groups (broad SMARTS) is 1. The first-order chi connectivity index (χ1) is 14.1. The van der Waals surface area contributed by atoms with E-state index in [1.54, 1.807) is 0 Å². The van der Waals surface area contributed by atoms with Crippen LogP contribution in [-0.4, -0.2) is 56.8 Å². The second-order valence-electron chi connectivity index (χ2n) is 8.88. The van der Waals surface area contributed by atoms with Gasteiger partial charge in [0.05, 0.1) is 30.7 Å². The Morgan fingerprint density at radius 2 is 1.97 bits per heavy atom. The van der Waals surface area contributed by atoms with Gasteiger partial charge in [0.1, 0.15) is 6.10 Å². The van der Waals surface area contributed by atoms with Gasteiger partial charge >= 0.3 is 11.9 Å². The van der Waals surface area contributed by atoms with Gasteiger partial charge in [-0.05, 0) is 43.1 Å². The van der Waals surface area contributed by atoms with Crippen LogP contribution < -0.4 is 0 Å². The summed E-state index contributed by atoms with van der Waals surface area (Å²) in [5.74, 6) is -1.31. The lowest BCUT2D eigenvalue weighted by Gasteiger charge is -2.43. The van der Waals surface area contributed by atoms with Gasteiger partial charge in [0.2, 0.25) is 0 Å². The van der Waals surface area contributed by atoms with Crippen molar-refractivity contribution < 1.29 is 34.8 Å². The van der Waals surface area contributed by atoms with Crippen LogP contribution >= 0.6 is 0 Å². The fourth-order valence-electron chi connectivity index (χ4n) is 4.52. The third kappa shape index (κ3) is 6.65. The maximum Gasteiger partial charge on any atom is 0.308 e. The van der Waals surface area contributed by atoms with Crippen molar-refractivity contribution in [3.63, 3.8) is 0 Å². The van der Waals surface area contributed by atoms with Gasteiger partial charge in [-0.2, -0.15) is 0 Å². The highest BCUT2D eigenvalue weighted by Crippen LogP contribution is 2.44. The van der Waals surface area contributed by atoms with Crippen LogP contribution in [0.15, 0.2) is 23.8 Å². The lowest BCUT2D eigenvalue weighted by molar-refractivity contribution is -0.159. The van der Waals surface area contributed by atoms with Gasteiger partial charge in [-0.15, -0.1) is 0 Å². The van der Waals surface area contributed by atoms with Crippen molar-refractivity contribution >= 4 is 11.9 Å². The molecule has 2 aliphatic carbocycles. The van der Waals surface area contributed by atoms with Gasteiger partial charge in [0.25, 0.3) is 0 Å². The number of hydrogen-bond acceptors (Lipinski definition) is 6. The number of aliphatic hydroxyl groups is 3. The molecule has 0 bridgehead atoms. The Balaban J connectivity index is 2.09. The summed E-state index contributed by atoms with van der Waals surface area (Å²) < 4.78 is 5.84. The van der Waals surface area contributed by atoms with Crippen LogP contribution in [-0.2, 0) is 14.3 Å². The molecule has 0 amide bonds. The highest BCUT2D eigenvalue weighted by Gasteiger charge is 2.42. The number of carboxylic acids is 1. The standard InChI is InChI=1S/C23H36O7/c1-4-13(2)23(29)30-20-11-17(25)9-15-6-5-14(3)19(22(15)20)8-7-16(24)10-18(26)12-21(27)28/h5-6,9,13-14,16-20,22,24-26H,4,7-8,10-12H2,1-3H3,(H,27,28)/t13-,14+,16+,17+,18-,19-,20-,22-/m0/s1. The van der Waals surface area contributed by atoms with Crippen LogP contribution in [0.4, 0.5) is 0 Å². The number of rotatable bonds is 10. The second kappa shape index (κ2) is 11.1. The van der Waals surface area contributed by atoms with E-state index in [9.17, 15) is 24.9 Å². The van der Waals surface area contributed by atoms with Crippen molar-refractivity contribution in [2.75, 3.05) is 0 Å². The zero-order chi connectivity index (χ0) is 22.4. The Hall–Kier alpha value is -1.70. The van der Waals surface area contributed by atoms with Crippen molar-refractivity contribution in [3.05, 3.63) is 23.8 Å². The summed E-state index contributed by atoms with van der Waals surface area (Å²) in [4.78, 5) is 23.1. The molecule has 0 aromatic carbocycles. The Kier molecular flexibility index (Phi) is 9.07. The van der Waals surface area contributed by atoms with E-state index in [1.807, 2.05) is 26.0 Å². The number of ether oxygens (including phenoxy) is 1. The number of carbonyl (C=O) groups is 2. The molecule has 0 saturated heterocycles. The third-order valence-corrected chi connectivity index (χ3v) is 6.44. The molecule has 2 aliphatic rings. The lowest BCUT2D eigenvalue weighted by atomic mass is 9.66. The summed E-state index contributed by atoms with van der Waals surface area (Å²) in [5, 5.41) is 39.1. The molecule has 0 aromatic heterocycles. The molecule has 7 nitrogen and oxygen atoms in total. The molecule has 4 N–H and O–H groups in total. The van der Waals surface area contributed by atoms with Crippen LogP contribution in [0, 0.1) is 23.7 Å². The predicted molar refractivity (Wildman–Crippen MR) is 111 cm³/mol. The predicted octanol–water partition coefficient (Wildman–Crippen LogP) is 2.44. The normalized spacial score (nSPS) is 31.3. The van der Waals surface area contributed by atoms with Crippen LogP contribution in [0.1, 0.15) is 59.3 Å². The molecule has 0 saturated carbocycles. The Morgan fingerprint density at radius 3 is 2.60 bits per heavy atom. The van der Waals surface area contributed by atoms with Gasteiger partial charge in [0.15, 0.2) is 0 Å². The zero-order valence-corrected chi connectivity index (χ0v) is 18.1. The quantitative estimate of drug-likeness (QED) is 0.397. The molecule has 2 rings (SSSR count). The van der Waals surface area contributed by atoms with E-state index in [-0.39, 0.29) is 42.5 Å². The minimum absolute atomic E-state index is 0.0156. The van der Waals surface area contributed by atoms with Gasteiger partial charge < -0.3 is 25.2 Å². The summed E-state index contributed by atoms with van der Waals surface area (Å²) in [6.07, 6.45) is 4.64. The zero-order valence-electron chi connectivity index (χ0n) is 18.1. The number of allylic oxidation sites excluding steroid dienone is 2. The molecule has 0 unspecified atom stereocenters. The molecule has 0 heterocycles. The molecule has 7 heteroatoms. The van der Waals surface area contributed by atoms with Gasteiger partial charge in [-0.3, -0.25) is 9.59 Å². The van der Waals surface area contributed by atoms with Crippen LogP contribution in [0.25, 0.3) is 0 Å². The van der Waals surface area contributed by atoms with E-state index in [0.29, 0.717) is 25.7 Å². The number of aliphatic hydroxyl groups excluding tert-OH is 3. The van der Waals surface area contributed by atoms with Gasteiger partial charge in [0, 0.05) is 12.3 Å². The van der Waals surface area contributed by atoms with Gasteiger partial charge in [-0.25, -0.2) is 0 Å². The van der Waals surface area contributed by atoms with Gasteiger partial charge in [-0.1, -0.05) is 39.0 Å². The summed E-state index contributed by atoms with van der Waals surface area (Å²) in [6.45, 7) is 5.85. The molecule has 0 aliphatic heterocycles. The monoisotopic (exact) mass is 424 g/mol. The van der Waals surface area contributed by atoms with E-state index in [4.69, 9.17) is 9.84 Å². The second-order valence-corrected chi connectivity index (χ2v) is 8.88. The maximum absolute atomic E-state index is 12.4. The van der Waals surface area contributed by atoms with Crippen LogP contribution in [0.2, 0.25) is 0 Å². The van der Waals surface area contributed by atoms with E-state index in [0.717, 1.165) is 5.57 Å². The first-order valence-corrected chi connectivity index (χ1v) is 11.0. The van der Waals surface area contributed by atoms with Crippen molar-refractivity contribution in [2.24, 2.45) is 23.7 Å². The molecular formula is C23H36O7. The Labute approximate surface area is 178 Å². The smallest absolute Gasteiger partial charge is 0.308 e. The Bertz CT molecular complexity index is 656. The number of carbonyl (C=O) groups excluding carboxylic acids is 1. The minimum atomic E-state index is -1.10. The summed E-state index contributed by atoms with van der Waals surface area (Å²) >= 11 is 0. The number of fused-ring (bicyclic) bond motifs is 1. The van der Waals surface area contributed by atoms with Crippen LogP contribution in [0.3, 0.4) is 0 Å². The highest BCUT2D eigenvalue weighted by atomic mass is 16.5.